The average Bonchev–Trinajstić information content (AvgIpc) is 3.03. The average molecular weight is 631 g/mol. The summed E-state index contributed by atoms with van der Waals surface area (Å²) in [5.41, 5.74) is 4.58. The molecule has 0 bridgehead atoms. The van der Waals surface area contributed by atoms with E-state index in [1.807, 2.05) is 36.4 Å². The highest BCUT2D eigenvalue weighted by Gasteiger charge is 2.50. The molecule has 1 N–H and O–H groups in total. The summed E-state index contributed by atoms with van der Waals surface area (Å²) in [7, 11) is -9.05. The molecule has 1 saturated heterocycles. The molecular formula is C31H33N6O3P3. The molecule has 8 rings (SSSR count). The van der Waals surface area contributed by atoms with Crippen LogP contribution in [0.15, 0.2) is 123 Å². The summed E-state index contributed by atoms with van der Waals surface area (Å²) in [6.07, 6.45) is 0.898. The normalized spacial score (nSPS) is 28.1. The van der Waals surface area contributed by atoms with Crippen LogP contribution in [-0.2, 0) is 30.7 Å². The molecule has 3 unspecified atom stereocenters. The Labute approximate surface area is 252 Å². The van der Waals surface area contributed by atoms with Gasteiger partial charge in [-0.15, -0.1) is 4.52 Å². The minimum absolute atomic E-state index is 0.582. The maximum atomic E-state index is 7.06. The Morgan fingerprint density at radius 1 is 0.605 bits per heavy atom. The Balaban J connectivity index is 1.37. The second-order valence-electron chi connectivity index (χ2n) is 10.9. The Hall–Kier alpha value is -2.99. The first-order chi connectivity index (χ1) is 21.1. The molecule has 220 valence electrons. The quantitative estimate of drug-likeness (QED) is 0.227. The van der Waals surface area contributed by atoms with Crippen LogP contribution in [0.2, 0.25) is 0 Å². The second-order valence-corrected chi connectivity index (χ2v) is 18.3. The largest absolute Gasteiger partial charge is 0.430 e. The summed E-state index contributed by atoms with van der Waals surface area (Å²) in [6, 6.07) is 37.4. The number of nitrogens with zero attached hydrogens (tertiary/aromatic N) is 5. The van der Waals surface area contributed by atoms with Crippen LogP contribution in [0.4, 0.5) is 0 Å². The van der Waals surface area contributed by atoms with Crippen molar-refractivity contribution in [1.82, 2.24) is 14.4 Å². The summed E-state index contributed by atoms with van der Waals surface area (Å²) in [5.74, 6) is 1.63. The van der Waals surface area contributed by atoms with Gasteiger partial charge in [0.2, 0.25) is 0 Å². The van der Waals surface area contributed by atoms with Gasteiger partial charge in [0.25, 0.3) is 7.58 Å². The summed E-state index contributed by atoms with van der Waals surface area (Å²) in [5, 5.41) is 3.63. The van der Waals surface area contributed by atoms with E-state index in [2.05, 4.69) is 87.2 Å². The van der Waals surface area contributed by atoms with Crippen molar-refractivity contribution in [3.05, 3.63) is 131 Å². The third-order valence-corrected chi connectivity index (χ3v) is 17.6. The number of benzene rings is 4. The maximum absolute atomic E-state index is 7.06. The molecule has 0 saturated carbocycles. The van der Waals surface area contributed by atoms with Gasteiger partial charge in [-0.05, 0) is 29.7 Å². The van der Waals surface area contributed by atoms with Crippen molar-refractivity contribution in [2.75, 3.05) is 13.2 Å². The van der Waals surface area contributed by atoms with Gasteiger partial charge in [0.1, 0.15) is 11.5 Å². The lowest BCUT2D eigenvalue weighted by Crippen LogP contribution is -2.31. The molecule has 12 heteroatoms. The van der Waals surface area contributed by atoms with Gasteiger partial charge in [-0.25, -0.2) is 14.4 Å². The Morgan fingerprint density at radius 3 is 1.65 bits per heavy atom. The van der Waals surface area contributed by atoms with Crippen molar-refractivity contribution < 1.29 is 13.6 Å². The Kier molecular flexibility index (Phi) is 7.16. The minimum Gasteiger partial charge on any atom is -0.430 e. The molecule has 0 amide bonds. The van der Waals surface area contributed by atoms with Crippen molar-refractivity contribution in [3.8, 4) is 11.5 Å². The van der Waals surface area contributed by atoms with E-state index in [4.69, 9.17) is 27.1 Å². The maximum Gasteiger partial charge on any atom is 0.337 e. The molecule has 43 heavy (non-hydrogen) atoms. The third-order valence-electron chi connectivity index (χ3n) is 7.86. The monoisotopic (exact) mass is 630 g/mol. The second kappa shape index (κ2) is 11.2. The minimum atomic E-state index is -3.08. The van der Waals surface area contributed by atoms with Gasteiger partial charge in [0, 0.05) is 43.9 Å². The molecule has 0 aromatic heterocycles. The van der Waals surface area contributed by atoms with Gasteiger partial charge < -0.3 is 13.6 Å². The van der Waals surface area contributed by atoms with Crippen LogP contribution in [0.25, 0.3) is 0 Å². The van der Waals surface area contributed by atoms with Crippen LogP contribution in [0.5, 0.6) is 11.5 Å². The molecule has 3 atom stereocenters. The van der Waals surface area contributed by atoms with Crippen molar-refractivity contribution in [3.63, 3.8) is 0 Å². The van der Waals surface area contributed by atoms with Crippen LogP contribution < -0.4 is 14.1 Å². The Morgan fingerprint density at radius 2 is 1.12 bits per heavy atom. The van der Waals surface area contributed by atoms with E-state index in [9.17, 15) is 0 Å². The van der Waals surface area contributed by atoms with E-state index < -0.39 is 22.7 Å². The van der Waals surface area contributed by atoms with Crippen molar-refractivity contribution in [2.24, 2.45) is 13.5 Å². The first kappa shape index (κ1) is 27.6. The first-order valence-corrected chi connectivity index (χ1v) is 19.3. The topological polar surface area (TPSA) is 83.3 Å². The van der Waals surface area contributed by atoms with Crippen molar-refractivity contribution >= 4 is 22.7 Å². The fourth-order valence-electron chi connectivity index (χ4n) is 5.76. The molecule has 4 aromatic carbocycles. The van der Waals surface area contributed by atoms with E-state index in [-0.39, 0.29) is 0 Å². The number of nitrogens with one attached hydrogen (secondary N) is 1. The fourth-order valence-corrected chi connectivity index (χ4v) is 17.6. The van der Waals surface area contributed by atoms with Crippen molar-refractivity contribution in [2.45, 2.75) is 32.6 Å². The van der Waals surface area contributed by atoms with E-state index in [1.165, 1.54) is 11.1 Å². The van der Waals surface area contributed by atoms with E-state index >= 15 is 0 Å². The van der Waals surface area contributed by atoms with Crippen LogP contribution in [0, 0.1) is 0 Å². The van der Waals surface area contributed by atoms with Gasteiger partial charge in [0.05, 0.1) is 6.61 Å². The molecule has 4 aliphatic heterocycles. The molecule has 1 fully saturated rings. The van der Waals surface area contributed by atoms with Gasteiger partial charge in [0.15, 0.2) is 0 Å². The van der Waals surface area contributed by atoms with Crippen LogP contribution >= 0.6 is 22.7 Å². The molecule has 4 aliphatic rings. The third kappa shape index (κ3) is 5.24. The van der Waals surface area contributed by atoms with Gasteiger partial charge in [-0.1, -0.05) is 97.1 Å². The number of rotatable bonds is 4. The lowest BCUT2D eigenvalue weighted by atomic mass is 10.2. The highest BCUT2D eigenvalue weighted by atomic mass is 31.3. The number of fused-ring (bicyclic) bond motifs is 2. The Bertz CT molecular complexity index is 1720. The predicted octanol–water partition coefficient (Wildman–Crippen LogP) is 9.04. The fraction of sp³-hybridized carbons (Fsp3) is 0.226. The summed E-state index contributed by atoms with van der Waals surface area (Å²) >= 11 is 0. The molecule has 9 nitrogen and oxygen atoms in total. The number of hydrogen-bond donors (Lipinski definition) is 1. The molecule has 4 aromatic rings. The molecule has 0 aliphatic carbocycles. The van der Waals surface area contributed by atoms with Gasteiger partial charge >= 0.3 is 15.2 Å². The zero-order valence-corrected chi connectivity index (χ0v) is 26.3. The molecule has 4 heterocycles. The summed E-state index contributed by atoms with van der Waals surface area (Å²) < 4.78 is 41.9. The smallest absolute Gasteiger partial charge is 0.337 e. The van der Waals surface area contributed by atoms with Gasteiger partial charge in [-0.3, -0.25) is 0 Å². The first-order valence-electron chi connectivity index (χ1n) is 14.6. The molecule has 0 radical (unpaired) electrons. The SMILES string of the molecule is c1ccc(CN2Cc3ccccc3OP23=NP2(=NP4(=N3)Oc3ccccc3CN4Cc3ccccc3)NCCCO2)cc1. The van der Waals surface area contributed by atoms with E-state index in [0.717, 1.165) is 35.6 Å². The zero-order chi connectivity index (χ0) is 28.7. The van der Waals surface area contributed by atoms with Crippen LogP contribution in [-0.4, -0.2) is 22.5 Å². The standard InChI is InChI=1S/C31H33N6O3P3/c1-3-12-26(13-4-1)22-36-24-28-16-7-9-18-30(28)39-42(36)33-41(32-20-11-21-38-41)34-43(35-42)37(23-27-14-5-2-6-15-27)25-29-17-8-10-19-31(29)40-43/h1-10,12-19,32H,11,20-25H2. The van der Waals surface area contributed by atoms with E-state index in [0.29, 0.717) is 32.8 Å². The summed E-state index contributed by atoms with van der Waals surface area (Å²) in [4.78, 5) is 0. The zero-order valence-electron chi connectivity index (χ0n) is 23.6. The van der Waals surface area contributed by atoms with Crippen molar-refractivity contribution in [1.29, 1.82) is 0 Å². The molecular weight excluding hydrogens is 597 g/mol. The number of hydrogen-bond acceptors (Lipinski definition) is 9. The highest BCUT2D eigenvalue weighted by Crippen LogP contribution is 2.81. The van der Waals surface area contributed by atoms with Crippen LogP contribution in [0.3, 0.4) is 0 Å². The van der Waals surface area contributed by atoms with E-state index in [1.54, 1.807) is 0 Å². The molecule has 3 spiro atoms. The summed E-state index contributed by atoms with van der Waals surface area (Å²) in [6.45, 7) is 3.92. The number of para-hydroxylation sites is 2. The predicted molar refractivity (Wildman–Crippen MR) is 172 cm³/mol. The van der Waals surface area contributed by atoms with Gasteiger partial charge in [-0.2, -0.15) is 9.03 Å². The lowest BCUT2D eigenvalue weighted by Gasteiger charge is -2.46. The van der Waals surface area contributed by atoms with Crippen LogP contribution in [0.1, 0.15) is 28.7 Å². The highest BCUT2D eigenvalue weighted by molar-refractivity contribution is 7.81. The lowest BCUT2D eigenvalue weighted by molar-refractivity contribution is 0.306.